The van der Waals surface area contributed by atoms with Crippen LogP contribution in [-0.2, 0) is 6.18 Å². The Morgan fingerprint density at radius 2 is 1.75 bits per heavy atom. The highest BCUT2D eigenvalue weighted by atomic mass is 19.4. The Balaban J connectivity index is 2.36. The third-order valence-electron chi connectivity index (χ3n) is 3.23. The summed E-state index contributed by atoms with van der Waals surface area (Å²) in [7, 11) is 1.78. The number of alkyl halides is 3. The molecule has 1 heterocycles. The second-order valence-corrected chi connectivity index (χ2v) is 4.57. The molecule has 0 saturated heterocycles. The van der Waals surface area contributed by atoms with Crippen LogP contribution in [0.3, 0.4) is 0 Å². The van der Waals surface area contributed by atoms with Crippen LogP contribution in [0.5, 0.6) is 0 Å². The van der Waals surface area contributed by atoms with E-state index in [4.69, 9.17) is 0 Å². The second-order valence-electron chi connectivity index (χ2n) is 4.57. The number of nitrogens with one attached hydrogen (secondary N) is 1. The average Bonchev–Trinajstić information content (AvgIpc) is 2.41. The van der Waals surface area contributed by atoms with E-state index in [1.54, 1.807) is 19.4 Å². The Kier molecular flexibility index (Phi) is 4.09. The molecule has 2 rings (SSSR count). The van der Waals surface area contributed by atoms with Gasteiger partial charge in [-0.2, -0.15) is 13.2 Å². The number of hydrogen-bond donors (Lipinski definition) is 1. The van der Waals surface area contributed by atoms with Crippen LogP contribution in [0.15, 0.2) is 42.7 Å². The largest absolute Gasteiger partial charge is 0.416 e. The molecule has 5 heteroatoms. The molecule has 0 amide bonds. The molecule has 0 aliphatic rings. The van der Waals surface area contributed by atoms with Crippen molar-refractivity contribution in [2.24, 2.45) is 0 Å². The molecular formula is C15H15F3N2. The summed E-state index contributed by atoms with van der Waals surface area (Å²) in [4.78, 5) is 4.03. The lowest BCUT2D eigenvalue weighted by atomic mass is 9.96. The predicted octanol–water partition coefficient (Wildman–Crippen LogP) is 3.72. The van der Waals surface area contributed by atoms with Gasteiger partial charge in [0.05, 0.1) is 11.6 Å². The van der Waals surface area contributed by atoms with E-state index in [-0.39, 0.29) is 6.04 Å². The summed E-state index contributed by atoms with van der Waals surface area (Å²) < 4.78 is 37.7. The maximum absolute atomic E-state index is 12.6. The standard InChI is InChI=1S/C15H15F3N2/c1-10-9-20-8-7-13(10)14(19-2)11-3-5-12(6-4-11)15(16,17)18/h3-9,14,19H,1-2H3. The predicted molar refractivity (Wildman–Crippen MR) is 71.3 cm³/mol. The minimum atomic E-state index is -4.31. The van der Waals surface area contributed by atoms with E-state index in [2.05, 4.69) is 10.3 Å². The van der Waals surface area contributed by atoms with Crippen LogP contribution >= 0.6 is 0 Å². The molecule has 1 aromatic heterocycles. The van der Waals surface area contributed by atoms with Crippen LogP contribution in [0.1, 0.15) is 28.3 Å². The minimum Gasteiger partial charge on any atom is -0.309 e. The molecule has 1 unspecified atom stereocenters. The van der Waals surface area contributed by atoms with Crippen LogP contribution < -0.4 is 5.32 Å². The summed E-state index contributed by atoms with van der Waals surface area (Å²) in [5.74, 6) is 0. The van der Waals surface area contributed by atoms with E-state index < -0.39 is 11.7 Å². The van der Waals surface area contributed by atoms with E-state index in [0.29, 0.717) is 0 Å². The average molecular weight is 280 g/mol. The zero-order valence-corrected chi connectivity index (χ0v) is 11.2. The monoisotopic (exact) mass is 280 g/mol. The number of aryl methyl sites for hydroxylation is 1. The SMILES string of the molecule is CNC(c1ccc(C(F)(F)F)cc1)c1ccncc1C. The lowest BCUT2D eigenvalue weighted by molar-refractivity contribution is -0.137. The van der Waals surface area contributed by atoms with Gasteiger partial charge in [0.15, 0.2) is 0 Å². The van der Waals surface area contributed by atoms with Gasteiger partial charge in [-0.1, -0.05) is 12.1 Å². The summed E-state index contributed by atoms with van der Waals surface area (Å²) in [5, 5.41) is 3.12. The maximum Gasteiger partial charge on any atom is 0.416 e. The molecule has 0 bridgehead atoms. The van der Waals surface area contributed by atoms with Crippen molar-refractivity contribution in [3.05, 3.63) is 65.0 Å². The van der Waals surface area contributed by atoms with Gasteiger partial charge in [0.1, 0.15) is 0 Å². The molecule has 1 aromatic carbocycles. The lowest BCUT2D eigenvalue weighted by Crippen LogP contribution is -2.19. The lowest BCUT2D eigenvalue weighted by Gasteiger charge is -2.19. The van der Waals surface area contributed by atoms with Gasteiger partial charge in [-0.05, 0) is 48.9 Å². The van der Waals surface area contributed by atoms with Gasteiger partial charge in [0, 0.05) is 12.4 Å². The van der Waals surface area contributed by atoms with E-state index in [1.165, 1.54) is 12.1 Å². The number of nitrogens with zero attached hydrogens (tertiary/aromatic N) is 1. The van der Waals surface area contributed by atoms with Crippen molar-refractivity contribution in [1.82, 2.24) is 10.3 Å². The van der Waals surface area contributed by atoms with Crippen molar-refractivity contribution in [3.63, 3.8) is 0 Å². The molecule has 20 heavy (non-hydrogen) atoms. The molecule has 0 aliphatic carbocycles. The van der Waals surface area contributed by atoms with Crippen molar-refractivity contribution in [1.29, 1.82) is 0 Å². The minimum absolute atomic E-state index is 0.153. The first-order valence-electron chi connectivity index (χ1n) is 6.18. The second kappa shape index (κ2) is 5.63. The molecular weight excluding hydrogens is 265 g/mol. The molecule has 0 saturated carbocycles. The van der Waals surface area contributed by atoms with Gasteiger partial charge in [0.2, 0.25) is 0 Å². The number of benzene rings is 1. The topological polar surface area (TPSA) is 24.9 Å². The number of aromatic nitrogens is 1. The third-order valence-corrected chi connectivity index (χ3v) is 3.23. The van der Waals surface area contributed by atoms with E-state index in [1.807, 2.05) is 13.0 Å². The van der Waals surface area contributed by atoms with Crippen LogP contribution in [0, 0.1) is 6.92 Å². The Hall–Kier alpha value is -1.88. The summed E-state index contributed by atoms with van der Waals surface area (Å²) in [6, 6.07) is 6.94. The van der Waals surface area contributed by atoms with Crippen LogP contribution in [-0.4, -0.2) is 12.0 Å². The number of rotatable bonds is 3. The zero-order chi connectivity index (χ0) is 14.8. The number of halogens is 3. The summed E-state index contributed by atoms with van der Waals surface area (Å²) in [6.07, 6.45) is -0.888. The number of pyridine rings is 1. The molecule has 106 valence electrons. The highest BCUT2D eigenvalue weighted by Gasteiger charge is 2.30. The fraction of sp³-hybridized carbons (Fsp3) is 0.267. The van der Waals surface area contributed by atoms with Gasteiger partial charge in [-0.15, -0.1) is 0 Å². The van der Waals surface area contributed by atoms with Crippen molar-refractivity contribution < 1.29 is 13.2 Å². The fourth-order valence-electron chi connectivity index (χ4n) is 2.17. The van der Waals surface area contributed by atoms with Gasteiger partial charge < -0.3 is 5.32 Å². The summed E-state index contributed by atoms with van der Waals surface area (Å²) in [6.45, 7) is 1.93. The van der Waals surface area contributed by atoms with Gasteiger partial charge in [-0.3, -0.25) is 4.98 Å². The summed E-state index contributed by atoms with van der Waals surface area (Å²) in [5.41, 5.74) is 2.14. The summed E-state index contributed by atoms with van der Waals surface area (Å²) >= 11 is 0. The molecule has 1 N–H and O–H groups in total. The Morgan fingerprint density at radius 1 is 1.10 bits per heavy atom. The van der Waals surface area contributed by atoms with Crippen molar-refractivity contribution in [2.45, 2.75) is 19.1 Å². The first kappa shape index (κ1) is 14.5. The van der Waals surface area contributed by atoms with E-state index in [9.17, 15) is 13.2 Å². The molecule has 0 aliphatic heterocycles. The van der Waals surface area contributed by atoms with E-state index in [0.717, 1.165) is 28.8 Å². The van der Waals surface area contributed by atoms with Crippen LogP contribution in [0.25, 0.3) is 0 Å². The molecule has 0 spiro atoms. The number of hydrogen-bond acceptors (Lipinski definition) is 2. The molecule has 0 fully saturated rings. The highest BCUT2D eigenvalue weighted by molar-refractivity contribution is 5.36. The smallest absolute Gasteiger partial charge is 0.309 e. The highest BCUT2D eigenvalue weighted by Crippen LogP contribution is 2.31. The van der Waals surface area contributed by atoms with Crippen molar-refractivity contribution in [3.8, 4) is 0 Å². The maximum atomic E-state index is 12.6. The van der Waals surface area contributed by atoms with Gasteiger partial charge in [-0.25, -0.2) is 0 Å². The fourth-order valence-corrected chi connectivity index (χ4v) is 2.17. The Morgan fingerprint density at radius 3 is 2.25 bits per heavy atom. The molecule has 0 radical (unpaired) electrons. The van der Waals surface area contributed by atoms with Crippen LogP contribution in [0.4, 0.5) is 13.2 Å². The van der Waals surface area contributed by atoms with Gasteiger partial charge >= 0.3 is 6.18 Å². The van der Waals surface area contributed by atoms with Crippen molar-refractivity contribution in [2.75, 3.05) is 7.05 Å². The molecule has 1 atom stereocenters. The zero-order valence-electron chi connectivity index (χ0n) is 11.2. The van der Waals surface area contributed by atoms with Crippen molar-refractivity contribution >= 4 is 0 Å². The Labute approximate surface area is 115 Å². The van der Waals surface area contributed by atoms with E-state index >= 15 is 0 Å². The first-order chi connectivity index (χ1) is 9.43. The quantitative estimate of drug-likeness (QED) is 0.927. The Bertz CT molecular complexity index is 576. The van der Waals surface area contributed by atoms with Crippen LogP contribution in [0.2, 0.25) is 0 Å². The first-order valence-corrected chi connectivity index (χ1v) is 6.18. The van der Waals surface area contributed by atoms with Gasteiger partial charge in [0.25, 0.3) is 0 Å². The third kappa shape index (κ3) is 2.99. The molecule has 2 nitrogen and oxygen atoms in total. The molecule has 2 aromatic rings. The normalized spacial score (nSPS) is 13.2.